The van der Waals surface area contributed by atoms with Crippen molar-refractivity contribution in [2.24, 2.45) is 11.8 Å². The van der Waals surface area contributed by atoms with E-state index in [2.05, 4.69) is 45.0 Å². The molecule has 0 aliphatic carbocycles. The maximum Gasteiger partial charge on any atom is 0.273 e. The predicted octanol–water partition coefficient (Wildman–Crippen LogP) is -1.56. The van der Waals surface area contributed by atoms with Crippen LogP contribution in [0.25, 0.3) is 0 Å². The summed E-state index contributed by atoms with van der Waals surface area (Å²) in [7, 11) is 0. The Morgan fingerprint density at radius 1 is 0.979 bits per heavy atom. The zero-order valence-corrected chi connectivity index (χ0v) is 27.4. The van der Waals surface area contributed by atoms with Gasteiger partial charge in [-0.1, -0.05) is 35.9 Å². The number of nitrogens with zero attached hydrogens (tertiary/aromatic N) is 3. The van der Waals surface area contributed by atoms with Crippen LogP contribution in [0.15, 0.2) is 24.3 Å². The summed E-state index contributed by atoms with van der Waals surface area (Å²) in [6.45, 7) is 4.54. The molecule has 5 atom stereocenters. The topological polar surface area (TPSA) is 252 Å². The van der Waals surface area contributed by atoms with Gasteiger partial charge in [0.05, 0.1) is 12.7 Å². The Balaban J connectivity index is 1.42. The summed E-state index contributed by atoms with van der Waals surface area (Å²) in [5.41, 5.74) is 13.8. The molecule has 1 aromatic heterocycles. The number of aromatic nitrogens is 2. The highest BCUT2D eigenvalue weighted by atomic mass is 35.5. The number of halogens is 1. The molecule has 47 heavy (non-hydrogen) atoms. The predicted molar refractivity (Wildman–Crippen MR) is 177 cm³/mol. The number of nitrogens with two attached hydrogens (primary N) is 2. The van der Waals surface area contributed by atoms with Crippen LogP contribution in [0, 0.1) is 18.8 Å². The Hall–Kier alpha value is -3.15. The molecule has 1 aromatic carbocycles. The molecule has 1 fully saturated rings. The number of nitrogens with one attached hydrogen (secondary N) is 3. The van der Waals surface area contributed by atoms with Crippen molar-refractivity contribution in [1.29, 1.82) is 0 Å². The van der Waals surface area contributed by atoms with Gasteiger partial charge in [-0.15, -0.1) is 0 Å². The summed E-state index contributed by atoms with van der Waals surface area (Å²) < 4.78 is 0. The normalized spacial score (nSPS) is 17.1. The number of hydrogen-bond donors (Lipinski definition) is 10. The number of likely N-dealkylation sites (tertiary alicyclic amines) is 1. The van der Waals surface area contributed by atoms with Gasteiger partial charge in [-0.2, -0.15) is 0 Å². The van der Waals surface area contributed by atoms with Crippen LogP contribution in [0.3, 0.4) is 0 Å². The molecule has 15 nitrogen and oxygen atoms in total. The number of aliphatic hydroxyl groups excluding tert-OH is 5. The summed E-state index contributed by atoms with van der Waals surface area (Å²) in [5.74, 6) is -0.185. The summed E-state index contributed by atoms with van der Waals surface area (Å²) in [6, 6.07) is 8.12. The van der Waals surface area contributed by atoms with Gasteiger partial charge in [0.1, 0.15) is 18.3 Å². The van der Waals surface area contributed by atoms with Crippen LogP contribution in [0.2, 0.25) is 5.15 Å². The number of anilines is 2. The first-order valence-electron chi connectivity index (χ1n) is 15.8. The van der Waals surface area contributed by atoms with Gasteiger partial charge in [0.25, 0.3) is 5.91 Å². The van der Waals surface area contributed by atoms with Crippen molar-refractivity contribution < 1.29 is 35.1 Å². The lowest BCUT2D eigenvalue weighted by Gasteiger charge is -2.32. The molecule has 2 aromatic rings. The fourth-order valence-electron chi connectivity index (χ4n) is 5.46. The van der Waals surface area contributed by atoms with E-state index in [9.17, 15) is 30.0 Å². The standard InChI is InChI=1S/C31H49ClN8O7/c1-18-4-2-3-5-21(18)12-20(15-37-31(47)25-29(33)39-30(34)28(32)38-25)14-36-13-19-7-10-40(11-8-19)24(44)6-9-35-16-22(42)26(45)27(46)23(43)17-41/h2-5,19-20,22-23,26-27,35-36,41-43,45-46H,6-17H2,1H3,(H,37,47)(H4,33,34,39)/t20?,22-,23+,26+,27+/m0/s1. The number of amides is 2. The maximum atomic E-state index is 12.9. The SMILES string of the molecule is Cc1ccccc1CC(CNCC1CCN(C(=O)CCNC[C@H](O)[C@@H](O)[C@H](O)[C@H](O)CO)CC1)CNC(=O)c1nc(Cl)c(N)nc1N. The highest BCUT2D eigenvalue weighted by Gasteiger charge is 2.30. The lowest BCUT2D eigenvalue weighted by Crippen LogP contribution is -2.49. The van der Waals surface area contributed by atoms with Crippen molar-refractivity contribution in [2.45, 2.75) is 57.0 Å². The minimum absolute atomic E-state index is 0.0172. The highest BCUT2D eigenvalue weighted by Crippen LogP contribution is 2.19. The zero-order valence-electron chi connectivity index (χ0n) is 26.7. The minimum Gasteiger partial charge on any atom is -0.394 e. The van der Waals surface area contributed by atoms with E-state index in [1.54, 1.807) is 0 Å². The van der Waals surface area contributed by atoms with Crippen molar-refractivity contribution in [3.8, 4) is 0 Å². The van der Waals surface area contributed by atoms with E-state index in [-0.39, 0.29) is 53.8 Å². The molecular weight excluding hydrogens is 632 g/mol. The molecule has 12 N–H and O–H groups in total. The van der Waals surface area contributed by atoms with Crippen molar-refractivity contribution in [1.82, 2.24) is 30.8 Å². The van der Waals surface area contributed by atoms with E-state index in [4.69, 9.17) is 28.2 Å². The summed E-state index contributed by atoms with van der Waals surface area (Å²) in [5, 5.41) is 57.1. The van der Waals surface area contributed by atoms with Gasteiger partial charge in [0.15, 0.2) is 22.5 Å². The third kappa shape index (κ3) is 11.8. The molecule has 1 aliphatic rings. The van der Waals surface area contributed by atoms with Gasteiger partial charge >= 0.3 is 0 Å². The molecule has 0 saturated carbocycles. The second-order valence-electron chi connectivity index (χ2n) is 12.1. The van der Waals surface area contributed by atoms with Crippen LogP contribution in [0.5, 0.6) is 0 Å². The third-order valence-electron chi connectivity index (χ3n) is 8.47. The molecular formula is C31H49ClN8O7. The van der Waals surface area contributed by atoms with Crippen LogP contribution in [0.4, 0.5) is 11.6 Å². The van der Waals surface area contributed by atoms with Gasteiger partial charge in [0, 0.05) is 39.1 Å². The molecule has 2 heterocycles. The molecule has 0 bridgehead atoms. The Bertz CT molecular complexity index is 1300. The Labute approximate surface area is 279 Å². The number of benzene rings is 1. The van der Waals surface area contributed by atoms with Crippen LogP contribution in [-0.2, 0) is 11.2 Å². The lowest BCUT2D eigenvalue weighted by atomic mass is 9.94. The second kappa shape index (κ2) is 19.0. The van der Waals surface area contributed by atoms with Crippen molar-refractivity contribution >= 4 is 35.1 Å². The number of carbonyl (C=O) groups excluding carboxylic acids is 2. The number of hydrogen-bond acceptors (Lipinski definition) is 13. The van der Waals surface area contributed by atoms with Crippen LogP contribution >= 0.6 is 11.6 Å². The fraction of sp³-hybridized carbons (Fsp3) is 0.613. The van der Waals surface area contributed by atoms with E-state index < -0.39 is 36.9 Å². The van der Waals surface area contributed by atoms with Crippen LogP contribution < -0.4 is 27.4 Å². The average Bonchev–Trinajstić information content (AvgIpc) is 3.06. The number of nitrogen functional groups attached to an aromatic ring is 2. The average molecular weight is 681 g/mol. The molecule has 0 spiro atoms. The van der Waals surface area contributed by atoms with Gasteiger partial charge in [0.2, 0.25) is 5.91 Å². The van der Waals surface area contributed by atoms with E-state index in [0.29, 0.717) is 32.1 Å². The Morgan fingerprint density at radius 3 is 2.34 bits per heavy atom. The number of aryl methyl sites for hydroxylation is 1. The van der Waals surface area contributed by atoms with E-state index in [1.807, 2.05) is 17.0 Å². The van der Waals surface area contributed by atoms with Gasteiger partial charge < -0.3 is 57.9 Å². The number of rotatable bonds is 18. The van der Waals surface area contributed by atoms with E-state index >= 15 is 0 Å². The molecule has 0 radical (unpaired) electrons. The molecule has 3 rings (SSSR count). The second-order valence-corrected chi connectivity index (χ2v) is 12.4. The zero-order chi connectivity index (χ0) is 34.5. The summed E-state index contributed by atoms with van der Waals surface area (Å²) in [6.07, 6.45) is -3.64. The van der Waals surface area contributed by atoms with E-state index in [1.165, 1.54) is 11.1 Å². The highest BCUT2D eigenvalue weighted by molar-refractivity contribution is 6.31. The first-order valence-corrected chi connectivity index (χ1v) is 16.2. The lowest BCUT2D eigenvalue weighted by molar-refractivity contribution is -0.132. The van der Waals surface area contributed by atoms with Gasteiger partial charge in [-0.25, -0.2) is 9.97 Å². The fourth-order valence-corrected chi connectivity index (χ4v) is 5.59. The molecule has 1 saturated heterocycles. The first kappa shape index (κ1) is 38.3. The number of piperidine rings is 1. The Kier molecular flexibility index (Phi) is 15.5. The Morgan fingerprint density at radius 2 is 1.66 bits per heavy atom. The molecule has 262 valence electrons. The molecule has 16 heteroatoms. The van der Waals surface area contributed by atoms with E-state index in [0.717, 1.165) is 25.8 Å². The molecule has 1 aliphatic heterocycles. The van der Waals surface area contributed by atoms with Crippen molar-refractivity contribution in [3.05, 3.63) is 46.2 Å². The minimum atomic E-state index is -1.69. The molecule has 2 amide bonds. The van der Waals surface area contributed by atoms with Crippen LogP contribution in [-0.4, -0.2) is 129 Å². The quantitative estimate of drug-likeness (QED) is 0.0801. The van der Waals surface area contributed by atoms with Gasteiger partial charge in [-0.3, -0.25) is 9.59 Å². The smallest absolute Gasteiger partial charge is 0.273 e. The number of aliphatic hydroxyl groups is 5. The van der Waals surface area contributed by atoms with Crippen LogP contribution in [0.1, 0.15) is 40.9 Å². The summed E-state index contributed by atoms with van der Waals surface area (Å²) in [4.78, 5) is 35.3. The van der Waals surface area contributed by atoms with Gasteiger partial charge in [-0.05, 0) is 62.2 Å². The third-order valence-corrected chi connectivity index (χ3v) is 8.75. The van der Waals surface area contributed by atoms with Crippen molar-refractivity contribution in [2.75, 3.05) is 63.9 Å². The first-order chi connectivity index (χ1) is 22.4. The van der Waals surface area contributed by atoms with Crippen molar-refractivity contribution in [3.63, 3.8) is 0 Å². The maximum absolute atomic E-state index is 12.9. The largest absolute Gasteiger partial charge is 0.394 e. The number of carbonyl (C=O) groups is 2. The molecule has 1 unspecified atom stereocenters. The monoisotopic (exact) mass is 680 g/mol. The summed E-state index contributed by atoms with van der Waals surface area (Å²) >= 11 is 5.95.